The number of rotatable bonds is 6. The number of benzene rings is 2. The average molecular weight is 366 g/mol. The van der Waals surface area contributed by atoms with E-state index in [4.69, 9.17) is 14.6 Å². The third-order valence-corrected chi connectivity index (χ3v) is 4.14. The number of carboxylic acids is 1. The Balaban J connectivity index is 1.95. The number of carboxylic acid groups (broad SMARTS) is 1. The summed E-state index contributed by atoms with van der Waals surface area (Å²) in [6.45, 7) is 3.55. The molecule has 27 heavy (non-hydrogen) atoms. The van der Waals surface area contributed by atoms with Crippen LogP contribution < -0.4 is 9.47 Å². The van der Waals surface area contributed by atoms with Gasteiger partial charge in [-0.25, -0.2) is 4.79 Å². The Kier molecular flexibility index (Phi) is 5.07. The van der Waals surface area contributed by atoms with E-state index >= 15 is 0 Å². The smallest absolute Gasteiger partial charge is 0.344 e. The predicted molar refractivity (Wildman–Crippen MR) is 98.4 cm³/mol. The van der Waals surface area contributed by atoms with E-state index in [1.165, 1.54) is 13.0 Å². The third kappa shape index (κ3) is 3.60. The molecule has 6 heteroatoms. The first-order chi connectivity index (χ1) is 12.9. The van der Waals surface area contributed by atoms with Gasteiger partial charge in [0.15, 0.2) is 29.2 Å². The van der Waals surface area contributed by atoms with Gasteiger partial charge in [0.05, 0.1) is 12.2 Å². The minimum Gasteiger partial charge on any atom is -0.490 e. The maximum absolute atomic E-state index is 12.5. The fourth-order valence-corrected chi connectivity index (χ4v) is 2.79. The van der Waals surface area contributed by atoms with Crippen molar-refractivity contribution in [2.75, 3.05) is 6.61 Å². The highest BCUT2D eigenvalue weighted by Crippen LogP contribution is 2.32. The lowest BCUT2D eigenvalue weighted by Gasteiger charge is -2.15. The molecule has 0 amide bonds. The highest BCUT2D eigenvalue weighted by atomic mass is 16.5. The van der Waals surface area contributed by atoms with Crippen LogP contribution in [-0.2, 0) is 4.79 Å². The first-order valence-electron chi connectivity index (χ1n) is 8.48. The van der Waals surface area contributed by atoms with Crippen molar-refractivity contribution in [2.45, 2.75) is 20.0 Å². The standard InChI is InChI=1S/C21H18O6/c1-3-26-18-11-13(8-9-17(18)27-12(2)21(24)25)10-16-19(22)14-6-4-5-7-15(14)20(16)23/h4-12H,3H2,1-2H3,(H,24,25)/t12-/m0/s1. The van der Waals surface area contributed by atoms with Crippen LogP contribution in [-0.4, -0.2) is 35.4 Å². The summed E-state index contributed by atoms with van der Waals surface area (Å²) >= 11 is 0. The van der Waals surface area contributed by atoms with Gasteiger partial charge in [-0.2, -0.15) is 0 Å². The number of ketones is 2. The molecule has 0 unspecified atom stereocenters. The molecule has 1 aliphatic carbocycles. The highest BCUT2D eigenvalue weighted by Gasteiger charge is 2.32. The van der Waals surface area contributed by atoms with Gasteiger partial charge in [0.2, 0.25) is 0 Å². The third-order valence-electron chi connectivity index (χ3n) is 4.14. The van der Waals surface area contributed by atoms with Crippen molar-refractivity contribution in [1.29, 1.82) is 0 Å². The van der Waals surface area contributed by atoms with E-state index in [0.29, 0.717) is 29.0 Å². The van der Waals surface area contributed by atoms with Gasteiger partial charge in [0, 0.05) is 11.1 Å². The van der Waals surface area contributed by atoms with Crippen molar-refractivity contribution in [3.8, 4) is 11.5 Å². The molecule has 0 aliphatic heterocycles. The Hall–Kier alpha value is -3.41. The number of carbonyl (C=O) groups is 3. The van der Waals surface area contributed by atoms with Crippen LogP contribution in [0.1, 0.15) is 40.1 Å². The molecule has 1 atom stereocenters. The van der Waals surface area contributed by atoms with Gasteiger partial charge in [0.1, 0.15) is 0 Å². The van der Waals surface area contributed by atoms with E-state index < -0.39 is 12.1 Å². The molecule has 138 valence electrons. The van der Waals surface area contributed by atoms with E-state index in [0.717, 1.165) is 0 Å². The van der Waals surface area contributed by atoms with E-state index in [1.807, 2.05) is 0 Å². The minimum atomic E-state index is -1.09. The second-order valence-corrected chi connectivity index (χ2v) is 6.00. The van der Waals surface area contributed by atoms with Gasteiger partial charge in [-0.3, -0.25) is 9.59 Å². The molecular formula is C21H18O6. The summed E-state index contributed by atoms with van der Waals surface area (Å²) in [5, 5.41) is 9.00. The van der Waals surface area contributed by atoms with Gasteiger partial charge in [-0.05, 0) is 37.6 Å². The van der Waals surface area contributed by atoms with Crippen molar-refractivity contribution >= 4 is 23.6 Å². The Morgan fingerprint density at radius 1 is 1.07 bits per heavy atom. The molecule has 1 N–H and O–H groups in total. The molecule has 0 heterocycles. The largest absolute Gasteiger partial charge is 0.490 e. The molecule has 2 aromatic carbocycles. The second-order valence-electron chi connectivity index (χ2n) is 6.00. The summed E-state index contributed by atoms with van der Waals surface area (Å²) in [6.07, 6.45) is 0.471. The van der Waals surface area contributed by atoms with Gasteiger partial charge in [-0.1, -0.05) is 30.3 Å². The van der Waals surface area contributed by atoms with Crippen LogP contribution in [0.4, 0.5) is 0 Å². The maximum Gasteiger partial charge on any atom is 0.344 e. The summed E-state index contributed by atoms with van der Waals surface area (Å²) < 4.78 is 10.9. The zero-order chi connectivity index (χ0) is 19.6. The van der Waals surface area contributed by atoms with Crippen LogP contribution in [0, 0.1) is 0 Å². The maximum atomic E-state index is 12.5. The van der Waals surface area contributed by atoms with Gasteiger partial charge < -0.3 is 14.6 Å². The SMILES string of the molecule is CCOc1cc(C=C2C(=O)c3ccccc3C2=O)ccc1O[C@@H](C)C(=O)O. The number of Topliss-reactive ketones (excluding diaryl/α,β-unsaturated/α-hetero) is 2. The predicted octanol–water partition coefficient (Wildman–Crippen LogP) is 3.40. The molecule has 0 spiro atoms. The highest BCUT2D eigenvalue weighted by molar-refractivity contribution is 6.41. The average Bonchev–Trinajstić information content (AvgIpc) is 2.89. The number of hydrogen-bond donors (Lipinski definition) is 1. The van der Waals surface area contributed by atoms with Crippen molar-refractivity contribution < 1.29 is 29.0 Å². The normalized spacial score (nSPS) is 13.9. The number of ether oxygens (including phenoxy) is 2. The van der Waals surface area contributed by atoms with Crippen LogP contribution in [0.25, 0.3) is 6.08 Å². The number of allylic oxidation sites excluding steroid dienone is 1. The van der Waals surface area contributed by atoms with Crippen molar-refractivity contribution in [3.05, 3.63) is 64.7 Å². The van der Waals surface area contributed by atoms with Gasteiger partial charge >= 0.3 is 5.97 Å². The summed E-state index contributed by atoms with van der Waals surface area (Å²) in [4.78, 5) is 36.0. The van der Waals surface area contributed by atoms with Crippen LogP contribution in [0.3, 0.4) is 0 Å². The number of aliphatic carboxylic acids is 1. The fourth-order valence-electron chi connectivity index (χ4n) is 2.79. The number of fused-ring (bicyclic) bond motifs is 1. The molecule has 0 bridgehead atoms. The number of carbonyl (C=O) groups excluding carboxylic acids is 2. The van der Waals surface area contributed by atoms with Crippen LogP contribution in [0.2, 0.25) is 0 Å². The zero-order valence-corrected chi connectivity index (χ0v) is 14.9. The zero-order valence-electron chi connectivity index (χ0n) is 14.9. The van der Waals surface area contributed by atoms with E-state index in [2.05, 4.69) is 0 Å². The molecule has 0 radical (unpaired) electrons. The summed E-state index contributed by atoms with van der Waals surface area (Å²) in [5.41, 5.74) is 1.47. The lowest BCUT2D eigenvalue weighted by Crippen LogP contribution is -2.23. The van der Waals surface area contributed by atoms with Gasteiger partial charge in [-0.15, -0.1) is 0 Å². The Morgan fingerprint density at radius 2 is 1.70 bits per heavy atom. The quantitative estimate of drug-likeness (QED) is 0.622. The van der Waals surface area contributed by atoms with E-state index in [9.17, 15) is 14.4 Å². The van der Waals surface area contributed by atoms with Crippen LogP contribution in [0.5, 0.6) is 11.5 Å². The Labute approximate surface area is 156 Å². The molecule has 1 aliphatic rings. The minimum absolute atomic E-state index is 0.0891. The fraction of sp³-hybridized carbons (Fsp3) is 0.190. The van der Waals surface area contributed by atoms with E-state index in [-0.39, 0.29) is 22.9 Å². The van der Waals surface area contributed by atoms with Crippen LogP contribution >= 0.6 is 0 Å². The van der Waals surface area contributed by atoms with Crippen molar-refractivity contribution in [2.24, 2.45) is 0 Å². The lowest BCUT2D eigenvalue weighted by molar-refractivity contribution is -0.144. The second kappa shape index (κ2) is 7.45. The molecule has 0 saturated carbocycles. The molecule has 6 nitrogen and oxygen atoms in total. The van der Waals surface area contributed by atoms with Crippen molar-refractivity contribution in [3.63, 3.8) is 0 Å². The summed E-state index contributed by atoms with van der Waals surface area (Å²) in [5.74, 6) is -1.10. The van der Waals surface area contributed by atoms with Crippen LogP contribution in [0.15, 0.2) is 48.0 Å². The monoisotopic (exact) mass is 366 g/mol. The topological polar surface area (TPSA) is 89.9 Å². The van der Waals surface area contributed by atoms with Gasteiger partial charge in [0.25, 0.3) is 0 Å². The summed E-state index contributed by atoms with van der Waals surface area (Å²) in [6, 6.07) is 11.5. The lowest BCUT2D eigenvalue weighted by atomic mass is 10.1. The molecule has 0 fully saturated rings. The molecule has 2 aromatic rings. The molecule has 0 saturated heterocycles. The first-order valence-corrected chi connectivity index (χ1v) is 8.48. The van der Waals surface area contributed by atoms with Crippen molar-refractivity contribution in [1.82, 2.24) is 0 Å². The molecular weight excluding hydrogens is 348 g/mol. The summed E-state index contributed by atoms with van der Waals surface area (Å²) in [7, 11) is 0. The molecule has 3 rings (SSSR count). The Morgan fingerprint density at radius 3 is 2.26 bits per heavy atom. The number of hydrogen-bond acceptors (Lipinski definition) is 5. The Bertz CT molecular complexity index is 920. The first kappa shape index (κ1) is 18.4. The van der Waals surface area contributed by atoms with E-state index in [1.54, 1.807) is 49.4 Å². The molecule has 0 aromatic heterocycles.